The van der Waals surface area contributed by atoms with Crippen LogP contribution in [0.1, 0.15) is 31.4 Å². The van der Waals surface area contributed by atoms with E-state index in [-0.39, 0.29) is 11.9 Å². The molecule has 19 heavy (non-hydrogen) atoms. The molecule has 1 fully saturated rings. The molecule has 0 aliphatic carbocycles. The van der Waals surface area contributed by atoms with Gasteiger partial charge in [0.15, 0.2) is 0 Å². The molecular weight excluding hydrogens is 254 g/mol. The van der Waals surface area contributed by atoms with Crippen LogP contribution in [0.15, 0.2) is 10.9 Å². The molecule has 1 aromatic rings. The maximum absolute atomic E-state index is 11.4. The molecule has 0 bridgehead atoms. The van der Waals surface area contributed by atoms with Crippen molar-refractivity contribution in [3.63, 3.8) is 0 Å². The highest BCUT2D eigenvalue weighted by Gasteiger charge is 2.35. The van der Waals surface area contributed by atoms with Gasteiger partial charge in [-0.1, -0.05) is 6.92 Å². The van der Waals surface area contributed by atoms with Crippen molar-refractivity contribution in [3.8, 4) is 0 Å². The summed E-state index contributed by atoms with van der Waals surface area (Å²) in [5.74, 6) is 0.0320. The number of aromatic amines is 1. The highest BCUT2D eigenvalue weighted by atomic mass is 16.6. The van der Waals surface area contributed by atoms with Gasteiger partial charge in [-0.2, -0.15) is 0 Å². The van der Waals surface area contributed by atoms with E-state index in [0.717, 1.165) is 6.07 Å². The van der Waals surface area contributed by atoms with E-state index in [2.05, 4.69) is 4.98 Å². The molecule has 4 N–H and O–H groups in total. The van der Waals surface area contributed by atoms with Crippen LogP contribution < -0.4 is 11.3 Å². The number of rotatable bonds is 3. The fourth-order valence-corrected chi connectivity index (χ4v) is 2.25. The smallest absolute Gasteiger partial charge is 0.334 e. The van der Waals surface area contributed by atoms with Crippen LogP contribution in [-0.2, 0) is 4.74 Å². The van der Waals surface area contributed by atoms with E-state index in [0.29, 0.717) is 18.4 Å². The number of nitrogens with zero attached hydrogens (tertiary/aromatic N) is 1. The standard InChI is InChI=1S/C11H15N3O5/c1-2-8-7(15)4-9(19-8)5-3-6(14(17)18)11(16)13-10(5)12/h3,7-9,15H,2,4H2,1H3,(H3,12,13,16)/t7-,8-,9-/m1/s1. The van der Waals surface area contributed by atoms with Crippen LogP contribution >= 0.6 is 0 Å². The molecule has 0 unspecified atom stereocenters. The summed E-state index contributed by atoms with van der Waals surface area (Å²) >= 11 is 0. The van der Waals surface area contributed by atoms with Gasteiger partial charge >= 0.3 is 11.2 Å². The largest absolute Gasteiger partial charge is 0.390 e. The summed E-state index contributed by atoms with van der Waals surface area (Å²) in [5, 5.41) is 20.5. The molecule has 2 rings (SSSR count). The van der Waals surface area contributed by atoms with Crippen molar-refractivity contribution in [2.75, 3.05) is 5.73 Å². The zero-order valence-corrected chi connectivity index (χ0v) is 10.3. The van der Waals surface area contributed by atoms with E-state index < -0.39 is 28.4 Å². The molecule has 104 valence electrons. The summed E-state index contributed by atoms with van der Waals surface area (Å²) in [7, 11) is 0. The molecule has 0 spiro atoms. The fraction of sp³-hybridized carbons (Fsp3) is 0.545. The van der Waals surface area contributed by atoms with Gasteiger partial charge in [0, 0.05) is 18.1 Å². The lowest BCUT2D eigenvalue weighted by Crippen LogP contribution is -2.19. The quantitative estimate of drug-likeness (QED) is 0.539. The SMILES string of the molecule is CC[C@H]1O[C@@H](c2cc([N+](=O)[O-])c(=O)[nH]c2N)C[C@H]1O. The number of nitro groups is 1. The summed E-state index contributed by atoms with van der Waals surface area (Å²) in [6.45, 7) is 1.87. The molecule has 1 aliphatic heterocycles. The molecule has 2 heterocycles. The molecule has 0 radical (unpaired) electrons. The average Bonchev–Trinajstić information content (AvgIpc) is 2.69. The van der Waals surface area contributed by atoms with Gasteiger partial charge in [0.25, 0.3) is 0 Å². The number of ether oxygens (including phenoxy) is 1. The Bertz CT molecular complexity index is 556. The van der Waals surface area contributed by atoms with Crippen LogP contribution in [0, 0.1) is 10.1 Å². The minimum absolute atomic E-state index is 0.0320. The van der Waals surface area contributed by atoms with Gasteiger partial charge in [0.2, 0.25) is 0 Å². The molecule has 1 saturated heterocycles. The van der Waals surface area contributed by atoms with Gasteiger partial charge in [-0.15, -0.1) is 0 Å². The molecule has 0 amide bonds. The fourth-order valence-electron chi connectivity index (χ4n) is 2.25. The summed E-state index contributed by atoms with van der Waals surface area (Å²) in [6, 6.07) is 1.11. The lowest BCUT2D eigenvalue weighted by molar-refractivity contribution is -0.386. The third kappa shape index (κ3) is 2.45. The van der Waals surface area contributed by atoms with Crippen LogP contribution in [0.3, 0.4) is 0 Å². The third-order valence-electron chi connectivity index (χ3n) is 3.25. The first-order chi connectivity index (χ1) is 8.93. The Morgan fingerprint density at radius 2 is 2.37 bits per heavy atom. The first-order valence-electron chi connectivity index (χ1n) is 5.94. The number of anilines is 1. The number of aromatic nitrogens is 1. The molecule has 1 aliphatic rings. The maximum Gasteiger partial charge on any atom is 0.334 e. The Kier molecular flexibility index (Phi) is 3.54. The minimum atomic E-state index is -0.850. The third-order valence-corrected chi connectivity index (χ3v) is 3.25. The van der Waals surface area contributed by atoms with Crippen LogP contribution in [0.2, 0.25) is 0 Å². The van der Waals surface area contributed by atoms with E-state index in [4.69, 9.17) is 10.5 Å². The van der Waals surface area contributed by atoms with Crippen LogP contribution in [-0.4, -0.2) is 27.2 Å². The monoisotopic (exact) mass is 269 g/mol. The molecule has 1 aromatic heterocycles. The van der Waals surface area contributed by atoms with Gasteiger partial charge in [-0.25, -0.2) is 0 Å². The summed E-state index contributed by atoms with van der Waals surface area (Å²) < 4.78 is 5.59. The van der Waals surface area contributed by atoms with E-state index in [1.165, 1.54) is 0 Å². The highest BCUT2D eigenvalue weighted by Crippen LogP contribution is 2.36. The number of hydrogen-bond acceptors (Lipinski definition) is 6. The van der Waals surface area contributed by atoms with Crippen molar-refractivity contribution in [3.05, 3.63) is 32.1 Å². The van der Waals surface area contributed by atoms with Gasteiger partial charge in [-0.3, -0.25) is 14.9 Å². The number of H-pyrrole nitrogens is 1. The van der Waals surface area contributed by atoms with Crippen molar-refractivity contribution in [1.29, 1.82) is 0 Å². The summed E-state index contributed by atoms with van der Waals surface area (Å²) in [6.07, 6.45) is -0.583. The highest BCUT2D eigenvalue weighted by molar-refractivity contribution is 5.47. The van der Waals surface area contributed by atoms with E-state index in [1.54, 1.807) is 0 Å². The molecule has 0 saturated carbocycles. The van der Waals surface area contributed by atoms with Gasteiger partial charge < -0.3 is 20.6 Å². The number of aliphatic hydroxyl groups is 1. The maximum atomic E-state index is 11.4. The number of pyridine rings is 1. The Balaban J connectivity index is 2.38. The lowest BCUT2D eigenvalue weighted by Gasteiger charge is -2.14. The van der Waals surface area contributed by atoms with Crippen molar-refractivity contribution < 1.29 is 14.8 Å². The second-order valence-corrected chi connectivity index (χ2v) is 4.48. The van der Waals surface area contributed by atoms with Crippen molar-refractivity contribution in [2.45, 2.75) is 38.1 Å². The van der Waals surface area contributed by atoms with E-state index >= 15 is 0 Å². The molecule has 8 nitrogen and oxygen atoms in total. The molecule has 0 aromatic carbocycles. The van der Waals surface area contributed by atoms with Crippen molar-refractivity contribution >= 4 is 11.5 Å². The second-order valence-electron chi connectivity index (χ2n) is 4.48. The number of aliphatic hydroxyl groups excluding tert-OH is 1. The second kappa shape index (κ2) is 4.98. The Morgan fingerprint density at radius 1 is 1.68 bits per heavy atom. The van der Waals surface area contributed by atoms with Crippen LogP contribution in [0.4, 0.5) is 11.5 Å². The zero-order chi connectivity index (χ0) is 14.2. The van der Waals surface area contributed by atoms with Crippen molar-refractivity contribution in [1.82, 2.24) is 4.98 Å². The van der Waals surface area contributed by atoms with E-state index in [1.807, 2.05) is 6.92 Å². The first kappa shape index (κ1) is 13.5. The molecular formula is C11H15N3O5. The normalized spacial score (nSPS) is 26.5. The Labute approximate surface area is 108 Å². The number of nitrogen functional groups attached to an aromatic ring is 1. The first-order valence-corrected chi connectivity index (χ1v) is 5.94. The van der Waals surface area contributed by atoms with E-state index in [9.17, 15) is 20.0 Å². The van der Waals surface area contributed by atoms with Gasteiger partial charge in [0.1, 0.15) is 5.82 Å². The topological polar surface area (TPSA) is 131 Å². The minimum Gasteiger partial charge on any atom is -0.390 e. The average molecular weight is 269 g/mol. The summed E-state index contributed by atoms with van der Waals surface area (Å²) in [4.78, 5) is 23.6. The Morgan fingerprint density at radius 3 is 2.89 bits per heavy atom. The molecule has 8 heteroatoms. The predicted octanol–water partition coefficient (Wildman–Crippen LogP) is 0.466. The lowest BCUT2D eigenvalue weighted by atomic mass is 10.0. The zero-order valence-electron chi connectivity index (χ0n) is 10.3. The van der Waals surface area contributed by atoms with Crippen LogP contribution in [0.25, 0.3) is 0 Å². The number of nitrogens with one attached hydrogen (secondary N) is 1. The van der Waals surface area contributed by atoms with Gasteiger partial charge in [0.05, 0.1) is 23.2 Å². The van der Waals surface area contributed by atoms with Gasteiger partial charge in [-0.05, 0) is 6.42 Å². The summed E-state index contributed by atoms with van der Waals surface area (Å²) in [5.41, 5.74) is 4.57. The van der Waals surface area contributed by atoms with Crippen LogP contribution in [0.5, 0.6) is 0 Å². The predicted molar refractivity (Wildman–Crippen MR) is 66.7 cm³/mol. The molecule has 3 atom stereocenters. The number of nitrogens with two attached hydrogens (primary N) is 1. The van der Waals surface area contributed by atoms with Crippen molar-refractivity contribution in [2.24, 2.45) is 0 Å². The number of hydrogen-bond donors (Lipinski definition) is 3. The Hall–Kier alpha value is -1.93.